The Hall–Kier alpha value is -1.39. The number of hydrogen-bond donors (Lipinski definition) is 2. The Morgan fingerprint density at radius 2 is 2.22 bits per heavy atom. The van der Waals surface area contributed by atoms with Crippen molar-refractivity contribution in [1.82, 2.24) is 5.43 Å². The Balaban J connectivity index is 2.36. The van der Waals surface area contributed by atoms with Gasteiger partial charge < -0.3 is 4.74 Å². The first kappa shape index (κ1) is 14.7. The van der Waals surface area contributed by atoms with Crippen LogP contribution >= 0.6 is 0 Å². The van der Waals surface area contributed by atoms with Crippen molar-refractivity contribution in [2.45, 2.75) is 33.3 Å². The molecule has 1 aromatic carbocycles. The lowest BCUT2D eigenvalue weighted by molar-refractivity contribution is 0.0952. The third-order valence-electron chi connectivity index (χ3n) is 2.66. The number of nitrogens with two attached hydrogens (primary N) is 1. The molecule has 3 N–H and O–H groups in total. The van der Waals surface area contributed by atoms with E-state index in [9.17, 15) is 4.79 Å². The molecular weight excluding hydrogens is 228 g/mol. The smallest absolute Gasteiger partial charge is 0.265 e. The molecule has 0 atom stereocenters. The Bertz CT molecular complexity index is 378. The molecule has 0 saturated carbocycles. The van der Waals surface area contributed by atoms with E-state index in [1.54, 1.807) is 12.1 Å². The highest BCUT2D eigenvalue weighted by atomic mass is 16.5. The van der Waals surface area contributed by atoms with Crippen molar-refractivity contribution in [2.24, 2.45) is 11.8 Å². The predicted octanol–water partition coefficient (Wildman–Crippen LogP) is 2.24. The first-order valence-corrected chi connectivity index (χ1v) is 6.31. The van der Waals surface area contributed by atoms with Crippen LogP contribution in [0.15, 0.2) is 24.3 Å². The summed E-state index contributed by atoms with van der Waals surface area (Å²) in [5, 5.41) is 0. The molecule has 0 saturated heterocycles. The minimum atomic E-state index is -0.281. The lowest BCUT2D eigenvalue weighted by Gasteiger charge is -2.07. The SMILES string of the molecule is CC(C)CCCOCc1cccc(C(=O)NN)c1. The van der Waals surface area contributed by atoms with Crippen LogP contribution < -0.4 is 11.3 Å². The molecule has 0 unspecified atom stereocenters. The Labute approximate surface area is 108 Å². The topological polar surface area (TPSA) is 64.3 Å². The van der Waals surface area contributed by atoms with Gasteiger partial charge in [0.25, 0.3) is 5.91 Å². The summed E-state index contributed by atoms with van der Waals surface area (Å²) in [5.41, 5.74) is 3.66. The second kappa shape index (κ2) is 7.84. The van der Waals surface area contributed by atoms with E-state index in [1.807, 2.05) is 12.1 Å². The van der Waals surface area contributed by atoms with Crippen LogP contribution in [0.5, 0.6) is 0 Å². The van der Waals surface area contributed by atoms with E-state index in [4.69, 9.17) is 10.6 Å². The van der Waals surface area contributed by atoms with Gasteiger partial charge in [0.2, 0.25) is 0 Å². The fourth-order valence-electron chi connectivity index (χ4n) is 1.67. The molecule has 0 heterocycles. The van der Waals surface area contributed by atoms with Crippen molar-refractivity contribution >= 4 is 5.91 Å². The maximum Gasteiger partial charge on any atom is 0.265 e. The van der Waals surface area contributed by atoms with Crippen molar-refractivity contribution in [3.8, 4) is 0 Å². The average molecular weight is 250 g/mol. The van der Waals surface area contributed by atoms with Crippen molar-refractivity contribution < 1.29 is 9.53 Å². The van der Waals surface area contributed by atoms with Crippen LogP contribution in [0.2, 0.25) is 0 Å². The highest BCUT2D eigenvalue weighted by molar-refractivity contribution is 5.93. The summed E-state index contributed by atoms with van der Waals surface area (Å²) in [6.07, 6.45) is 2.25. The first-order valence-electron chi connectivity index (χ1n) is 6.31. The summed E-state index contributed by atoms with van der Waals surface area (Å²) in [6.45, 7) is 5.69. The third kappa shape index (κ3) is 5.29. The van der Waals surface area contributed by atoms with Gasteiger partial charge in [0.1, 0.15) is 0 Å². The van der Waals surface area contributed by atoms with Crippen LogP contribution in [0, 0.1) is 5.92 Å². The highest BCUT2D eigenvalue weighted by Gasteiger charge is 2.03. The predicted molar refractivity (Wildman–Crippen MR) is 71.8 cm³/mol. The summed E-state index contributed by atoms with van der Waals surface area (Å²) < 4.78 is 5.58. The number of carbonyl (C=O) groups is 1. The molecule has 0 aliphatic carbocycles. The highest BCUT2D eigenvalue weighted by Crippen LogP contribution is 2.08. The van der Waals surface area contributed by atoms with Crippen LogP contribution in [0.1, 0.15) is 42.6 Å². The molecule has 18 heavy (non-hydrogen) atoms. The van der Waals surface area contributed by atoms with Crippen molar-refractivity contribution in [2.75, 3.05) is 6.61 Å². The van der Waals surface area contributed by atoms with E-state index in [-0.39, 0.29) is 5.91 Å². The van der Waals surface area contributed by atoms with Gasteiger partial charge >= 0.3 is 0 Å². The van der Waals surface area contributed by atoms with Crippen LogP contribution in [0.4, 0.5) is 0 Å². The molecule has 0 bridgehead atoms. The van der Waals surface area contributed by atoms with Gasteiger partial charge in [-0.1, -0.05) is 26.0 Å². The summed E-state index contributed by atoms with van der Waals surface area (Å²) in [4.78, 5) is 11.3. The second-order valence-electron chi connectivity index (χ2n) is 4.76. The molecule has 4 heteroatoms. The molecule has 0 spiro atoms. The quantitative estimate of drug-likeness (QED) is 0.337. The maximum absolute atomic E-state index is 11.3. The molecule has 1 aromatic rings. The fourth-order valence-corrected chi connectivity index (χ4v) is 1.67. The number of benzene rings is 1. The molecule has 1 rings (SSSR count). The van der Waals surface area contributed by atoms with Gasteiger partial charge in [0, 0.05) is 12.2 Å². The minimum Gasteiger partial charge on any atom is -0.377 e. The number of hydrazine groups is 1. The van der Waals surface area contributed by atoms with Crippen LogP contribution in [0.25, 0.3) is 0 Å². The number of hydrogen-bond acceptors (Lipinski definition) is 3. The fraction of sp³-hybridized carbons (Fsp3) is 0.500. The molecule has 4 nitrogen and oxygen atoms in total. The largest absolute Gasteiger partial charge is 0.377 e. The van der Waals surface area contributed by atoms with Crippen LogP contribution in [0.3, 0.4) is 0 Å². The standard InChI is InChI=1S/C14H22N2O2/c1-11(2)5-4-8-18-10-12-6-3-7-13(9-12)14(17)16-15/h3,6-7,9,11H,4-5,8,10,15H2,1-2H3,(H,16,17). The number of nitrogens with one attached hydrogen (secondary N) is 1. The van der Waals surface area contributed by atoms with E-state index in [0.717, 1.165) is 18.6 Å². The molecular formula is C14H22N2O2. The number of carbonyl (C=O) groups excluding carboxylic acids is 1. The van der Waals surface area contributed by atoms with Gasteiger partial charge in [0.05, 0.1) is 6.61 Å². The van der Waals surface area contributed by atoms with Gasteiger partial charge in [-0.25, -0.2) is 5.84 Å². The number of ether oxygens (including phenoxy) is 1. The van der Waals surface area contributed by atoms with E-state index in [1.165, 1.54) is 6.42 Å². The third-order valence-corrected chi connectivity index (χ3v) is 2.66. The van der Waals surface area contributed by atoms with Gasteiger partial charge in [0.15, 0.2) is 0 Å². The maximum atomic E-state index is 11.3. The van der Waals surface area contributed by atoms with E-state index in [0.29, 0.717) is 18.1 Å². The molecule has 0 radical (unpaired) electrons. The summed E-state index contributed by atoms with van der Waals surface area (Å²) >= 11 is 0. The van der Waals surface area contributed by atoms with Crippen molar-refractivity contribution in [3.63, 3.8) is 0 Å². The van der Waals surface area contributed by atoms with Gasteiger partial charge in [-0.05, 0) is 36.5 Å². The van der Waals surface area contributed by atoms with E-state index >= 15 is 0 Å². The van der Waals surface area contributed by atoms with Gasteiger partial charge in [-0.2, -0.15) is 0 Å². The molecule has 0 fully saturated rings. The van der Waals surface area contributed by atoms with Gasteiger partial charge in [-0.15, -0.1) is 0 Å². The lowest BCUT2D eigenvalue weighted by Crippen LogP contribution is -2.29. The lowest BCUT2D eigenvalue weighted by atomic mass is 10.1. The Kier molecular flexibility index (Phi) is 6.39. The first-order chi connectivity index (χ1) is 8.63. The minimum absolute atomic E-state index is 0.281. The number of rotatable bonds is 7. The number of amides is 1. The van der Waals surface area contributed by atoms with E-state index < -0.39 is 0 Å². The zero-order valence-corrected chi connectivity index (χ0v) is 11.1. The van der Waals surface area contributed by atoms with Crippen molar-refractivity contribution in [3.05, 3.63) is 35.4 Å². The molecule has 0 aliphatic rings. The monoisotopic (exact) mass is 250 g/mol. The average Bonchev–Trinajstić information content (AvgIpc) is 2.37. The molecule has 0 aliphatic heterocycles. The van der Waals surface area contributed by atoms with Crippen molar-refractivity contribution in [1.29, 1.82) is 0 Å². The Morgan fingerprint density at radius 3 is 2.89 bits per heavy atom. The van der Waals surface area contributed by atoms with Crippen LogP contribution in [-0.2, 0) is 11.3 Å². The Morgan fingerprint density at radius 1 is 1.44 bits per heavy atom. The normalized spacial score (nSPS) is 10.7. The molecule has 0 aromatic heterocycles. The zero-order chi connectivity index (χ0) is 13.4. The summed E-state index contributed by atoms with van der Waals surface area (Å²) in [7, 11) is 0. The van der Waals surface area contributed by atoms with Crippen LogP contribution in [-0.4, -0.2) is 12.5 Å². The van der Waals surface area contributed by atoms with E-state index in [2.05, 4.69) is 19.3 Å². The number of nitrogen functional groups attached to an aromatic ring is 1. The zero-order valence-electron chi connectivity index (χ0n) is 11.1. The molecule has 1 amide bonds. The second-order valence-corrected chi connectivity index (χ2v) is 4.76. The summed E-state index contributed by atoms with van der Waals surface area (Å²) in [6, 6.07) is 7.29. The molecule has 100 valence electrons. The van der Waals surface area contributed by atoms with Gasteiger partial charge in [-0.3, -0.25) is 10.2 Å². The summed E-state index contributed by atoms with van der Waals surface area (Å²) in [5.74, 6) is 5.52.